The summed E-state index contributed by atoms with van der Waals surface area (Å²) in [6.07, 6.45) is 4.17. The third-order valence-electron chi connectivity index (χ3n) is 4.16. The molecule has 1 aliphatic heterocycles. The van der Waals surface area contributed by atoms with Crippen LogP contribution in [0.5, 0.6) is 5.75 Å². The maximum absolute atomic E-state index is 6.22. The third kappa shape index (κ3) is 2.30. The fourth-order valence-corrected chi connectivity index (χ4v) is 3.26. The van der Waals surface area contributed by atoms with Gasteiger partial charge in [0.15, 0.2) is 0 Å². The van der Waals surface area contributed by atoms with E-state index in [4.69, 9.17) is 16.3 Å². The fourth-order valence-electron chi connectivity index (χ4n) is 3.03. The van der Waals surface area contributed by atoms with E-state index >= 15 is 0 Å². The molecule has 2 nitrogen and oxygen atoms in total. The Morgan fingerprint density at radius 3 is 3.05 bits per heavy atom. The van der Waals surface area contributed by atoms with Gasteiger partial charge in [0, 0.05) is 35.1 Å². The molecule has 3 heteroatoms. The number of aryl methyl sites for hydroxylation is 2. The molecule has 1 aliphatic rings. The van der Waals surface area contributed by atoms with Crippen molar-refractivity contribution >= 4 is 22.5 Å². The number of nitrogens with zero attached hydrogens (tertiary/aromatic N) is 1. The lowest BCUT2D eigenvalue weighted by atomic mass is 10.1. The molecule has 0 N–H and O–H groups in total. The molecule has 3 aromatic rings. The van der Waals surface area contributed by atoms with Gasteiger partial charge >= 0.3 is 0 Å². The average molecular weight is 298 g/mol. The second-order valence-electron chi connectivity index (χ2n) is 5.47. The molecule has 0 bridgehead atoms. The van der Waals surface area contributed by atoms with E-state index in [0.29, 0.717) is 0 Å². The minimum Gasteiger partial charge on any atom is -0.493 e. The highest BCUT2D eigenvalue weighted by Crippen LogP contribution is 2.27. The Bertz CT molecular complexity index is 806. The topological polar surface area (TPSA) is 14.2 Å². The first-order chi connectivity index (χ1) is 10.3. The Balaban J connectivity index is 1.57. The van der Waals surface area contributed by atoms with Gasteiger partial charge in [-0.15, -0.1) is 0 Å². The first kappa shape index (κ1) is 12.8. The molecular weight excluding hydrogens is 282 g/mol. The summed E-state index contributed by atoms with van der Waals surface area (Å²) >= 11 is 6.22. The lowest BCUT2D eigenvalue weighted by molar-refractivity contribution is 0.357. The zero-order valence-corrected chi connectivity index (χ0v) is 12.4. The van der Waals surface area contributed by atoms with Crippen molar-refractivity contribution < 1.29 is 4.74 Å². The zero-order chi connectivity index (χ0) is 14.2. The van der Waals surface area contributed by atoms with Crippen LogP contribution in [0.1, 0.15) is 11.1 Å². The van der Waals surface area contributed by atoms with Gasteiger partial charge in [0.2, 0.25) is 0 Å². The van der Waals surface area contributed by atoms with Gasteiger partial charge in [-0.3, -0.25) is 0 Å². The van der Waals surface area contributed by atoms with Crippen molar-refractivity contribution in [2.45, 2.75) is 19.4 Å². The predicted octanol–water partition coefficient (Wildman–Crippen LogP) is 4.47. The van der Waals surface area contributed by atoms with E-state index in [9.17, 15) is 0 Å². The monoisotopic (exact) mass is 297 g/mol. The number of benzene rings is 2. The van der Waals surface area contributed by atoms with E-state index in [-0.39, 0.29) is 0 Å². The van der Waals surface area contributed by atoms with Crippen molar-refractivity contribution in [1.29, 1.82) is 0 Å². The van der Waals surface area contributed by atoms with E-state index in [2.05, 4.69) is 41.1 Å². The Labute approximate surface area is 128 Å². The van der Waals surface area contributed by atoms with Gasteiger partial charge in [-0.25, -0.2) is 0 Å². The van der Waals surface area contributed by atoms with Gasteiger partial charge in [0.25, 0.3) is 0 Å². The number of ether oxygens (including phenoxy) is 1. The smallest absolute Gasteiger partial charge is 0.122 e. The van der Waals surface area contributed by atoms with Crippen molar-refractivity contribution in [3.05, 3.63) is 64.8 Å². The fraction of sp³-hybridized carbons (Fsp3) is 0.222. The van der Waals surface area contributed by atoms with Crippen molar-refractivity contribution in [2.75, 3.05) is 6.61 Å². The van der Waals surface area contributed by atoms with E-state index < -0.39 is 0 Å². The van der Waals surface area contributed by atoms with E-state index in [0.717, 1.165) is 42.2 Å². The number of halogens is 1. The lowest BCUT2D eigenvalue weighted by Gasteiger charge is -2.07. The molecular formula is C18H16ClNO. The molecule has 1 aromatic heterocycles. The average Bonchev–Trinajstić information content (AvgIpc) is 3.12. The van der Waals surface area contributed by atoms with Crippen LogP contribution < -0.4 is 4.74 Å². The molecule has 0 fully saturated rings. The van der Waals surface area contributed by atoms with Crippen LogP contribution in [0.2, 0.25) is 5.02 Å². The molecule has 0 spiro atoms. The highest BCUT2D eigenvalue weighted by atomic mass is 35.5. The van der Waals surface area contributed by atoms with Gasteiger partial charge < -0.3 is 9.30 Å². The first-order valence-electron chi connectivity index (χ1n) is 7.29. The SMILES string of the molecule is Clc1cccc2c1ccn2CCc1ccc2c(c1)CCO2. The molecule has 0 aliphatic carbocycles. The van der Waals surface area contributed by atoms with Crippen LogP contribution in [-0.4, -0.2) is 11.2 Å². The summed E-state index contributed by atoms with van der Waals surface area (Å²) in [7, 11) is 0. The number of hydrogen-bond acceptors (Lipinski definition) is 1. The van der Waals surface area contributed by atoms with Gasteiger partial charge in [0.05, 0.1) is 6.61 Å². The molecule has 21 heavy (non-hydrogen) atoms. The molecule has 0 amide bonds. The summed E-state index contributed by atoms with van der Waals surface area (Å²) in [5, 5.41) is 1.95. The zero-order valence-electron chi connectivity index (χ0n) is 11.7. The summed E-state index contributed by atoms with van der Waals surface area (Å²) in [6, 6.07) is 14.7. The number of hydrogen-bond donors (Lipinski definition) is 0. The van der Waals surface area contributed by atoms with Crippen LogP contribution in [0.25, 0.3) is 10.9 Å². The quantitative estimate of drug-likeness (QED) is 0.695. The Morgan fingerprint density at radius 2 is 2.10 bits per heavy atom. The number of fused-ring (bicyclic) bond motifs is 2. The summed E-state index contributed by atoms with van der Waals surface area (Å²) in [5.41, 5.74) is 3.91. The Kier molecular flexibility index (Phi) is 3.12. The summed E-state index contributed by atoms with van der Waals surface area (Å²) in [6.45, 7) is 1.78. The van der Waals surface area contributed by atoms with Crippen LogP contribution in [0.4, 0.5) is 0 Å². The molecule has 0 saturated heterocycles. The molecule has 0 unspecified atom stereocenters. The van der Waals surface area contributed by atoms with Crippen LogP contribution in [0.15, 0.2) is 48.7 Å². The largest absolute Gasteiger partial charge is 0.493 e. The van der Waals surface area contributed by atoms with Crippen LogP contribution >= 0.6 is 11.6 Å². The predicted molar refractivity (Wildman–Crippen MR) is 86.3 cm³/mol. The maximum atomic E-state index is 6.22. The molecule has 4 rings (SSSR count). The van der Waals surface area contributed by atoms with Crippen molar-refractivity contribution in [3.63, 3.8) is 0 Å². The van der Waals surface area contributed by atoms with E-state index in [1.807, 2.05) is 12.1 Å². The van der Waals surface area contributed by atoms with E-state index in [1.54, 1.807) is 0 Å². The first-order valence-corrected chi connectivity index (χ1v) is 7.67. The molecule has 2 aromatic carbocycles. The second-order valence-corrected chi connectivity index (χ2v) is 5.88. The number of rotatable bonds is 3. The molecule has 106 valence electrons. The van der Waals surface area contributed by atoms with Crippen LogP contribution in [0, 0.1) is 0 Å². The van der Waals surface area contributed by atoms with Gasteiger partial charge in [-0.05, 0) is 41.8 Å². The third-order valence-corrected chi connectivity index (χ3v) is 4.49. The minimum absolute atomic E-state index is 0.819. The van der Waals surface area contributed by atoms with Crippen LogP contribution in [0.3, 0.4) is 0 Å². The molecule has 0 radical (unpaired) electrons. The van der Waals surface area contributed by atoms with Gasteiger partial charge in [-0.2, -0.15) is 0 Å². The van der Waals surface area contributed by atoms with Crippen LogP contribution in [-0.2, 0) is 19.4 Å². The van der Waals surface area contributed by atoms with Crippen molar-refractivity contribution in [1.82, 2.24) is 4.57 Å². The summed E-state index contributed by atoms with van der Waals surface area (Å²) < 4.78 is 7.82. The van der Waals surface area contributed by atoms with Crippen molar-refractivity contribution in [3.8, 4) is 5.75 Å². The highest BCUT2D eigenvalue weighted by molar-refractivity contribution is 6.35. The molecule has 0 atom stereocenters. The summed E-state index contributed by atoms with van der Waals surface area (Å²) in [5.74, 6) is 1.05. The standard InChI is InChI=1S/C18H16ClNO/c19-16-2-1-3-17-15(16)7-10-20(17)9-6-13-4-5-18-14(12-13)8-11-21-18/h1-5,7,10,12H,6,8-9,11H2. The minimum atomic E-state index is 0.819. The normalized spacial score (nSPS) is 13.4. The van der Waals surface area contributed by atoms with Gasteiger partial charge in [-0.1, -0.05) is 29.8 Å². The maximum Gasteiger partial charge on any atom is 0.122 e. The van der Waals surface area contributed by atoms with Gasteiger partial charge in [0.1, 0.15) is 5.75 Å². The number of aromatic nitrogens is 1. The Hall–Kier alpha value is -1.93. The Morgan fingerprint density at radius 1 is 1.14 bits per heavy atom. The molecule has 2 heterocycles. The van der Waals surface area contributed by atoms with E-state index in [1.165, 1.54) is 16.6 Å². The second kappa shape index (κ2) is 5.12. The summed E-state index contributed by atoms with van der Waals surface area (Å²) in [4.78, 5) is 0. The molecule has 0 saturated carbocycles. The lowest BCUT2D eigenvalue weighted by Crippen LogP contribution is -2.00. The highest BCUT2D eigenvalue weighted by Gasteiger charge is 2.12. The van der Waals surface area contributed by atoms with Crippen molar-refractivity contribution in [2.24, 2.45) is 0 Å².